The second-order valence-corrected chi connectivity index (χ2v) is 8.08. The van der Waals surface area contributed by atoms with E-state index in [0.717, 1.165) is 6.42 Å². The molecule has 3 saturated heterocycles. The fraction of sp³-hybridized carbons (Fsp3) is 0.714. The fourth-order valence-corrected chi connectivity index (χ4v) is 4.28. The zero-order valence-corrected chi connectivity index (χ0v) is 19.0. The average Bonchev–Trinajstić information content (AvgIpc) is 3.39. The summed E-state index contributed by atoms with van der Waals surface area (Å²) in [5.74, 6) is -0.521. The summed E-state index contributed by atoms with van der Waals surface area (Å²) in [6.45, 7) is 0.993. The second kappa shape index (κ2) is 9.44. The smallest absolute Gasteiger partial charge is 0.724 e. The number of hydroxylamine groups is 3. The van der Waals surface area contributed by atoms with E-state index >= 15 is 0 Å². The van der Waals surface area contributed by atoms with Crippen molar-refractivity contribution in [3.8, 4) is 0 Å². The Morgan fingerprint density at radius 1 is 1.30 bits per heavy atom. The molecule has 0 saturated carbocycles. The maximum Gasteiger partial charge on any atom is 1.00 e. The van der Waals surface area contributed by atoms with Gasteiger partial charge in [-0.3, -0.25) is 9.63 Å². The molecule has 0 unspecified atom stereocenters. The number of hydrogen-bond donors (Lipinski definition) is 2. The molecule has 0 spiro atoms. The molecule has 4 heterocycles. The zero-order chi connectivity index (χ0) is 20.6. The van der Waals surface area contributed by atoms with Gasteiger partial charge in [0.2, 0.25) is 10.4 Å². The van der Waals surface area contributed by atoms with Gasteiger partial charge in [0, 0.05) is 19.1 Å². The van der Waals surface area contributed by atoms with E-state index in [1.165, 1.54) is 4.90 Å². The van der Waals surface area contributed by atoms with Gasteiger partial charge in [-0.15, -0.1) is 0 Å². The Bertz CT molecular complexity index is 870. The second-order valence-electron chi connectivity index (χ2n) is 7.11. The van der Waals surface area contributed by atoms with Crippen molar-refractivity contribution in [1.29, 1.82) is 0 Å². The van der Waals surface area contributed by atoms with Crippen LogP contribution in [0, 0.1) is 0 Å². The Morgan fingerprint density at radius 2 is 2.03 bits per heavy atom. The normalized spacial score (nSPS) is 28.5. The van der Waals surface area contributed by atoms with Gasteiger partial charge in [-0.25, -0.2) is 18.7 Å². The van der Waals surface area contributed by atoms with Gasteiger partial charge in [-0.2, -0.15) is 24.3 Å². The number of amides is 3. The number of carbonyl (C=O) groups excluding carboxylic acids is 2. The van der Waals surface area contributed by atoms with Gasteiger partial charge >= 0.3 is 35.6 Å². The van der Waals surface area contributed by atoms with Gasteiger partial charge < -0.3 is 14.8 Å². The molecule has 1 aromatic heterocycles. The summed E-state index contributed by atoms with van der Waals surface area (Å²) in [6.07, 6.45) is 4.56. The van der Waals surface area contributed by atoms with Crippen LogP contribution in [0.15, 0.2) is 12.4 Å². The first-order valence-corrected chi connectivity index (χ1v) is 10.4. The molecule has 16 heteroatoms. The molecule has 14 nitrogen and oxygen atoms in total. The topological polar surface area (TPSA) is 171 Å². The van der Waals surface area contributed by atoms with E-state index in [-0.39, 0.29) is 54.8 Å². The van der Waals surface area contributed by atoms with Gasteiger partial charge in [0.25, 0.3) is 5.91 Å². The van der Waals surface area contributed by atoms with Crippen molar-refractivity contribution in [2.24, 2.45) is 0 Å². The standard InChI is InChI=1S/C14H21N7O7S.Na/c22-13(18-27-8-9-5-11(6-15-9)21-16-3-4-17-21)12-2-1-10-7-19(12)14(23)20(10)28-29(24,25)26;/h3-4,9-12,15H,1-2,5-8H2,(H,18,22)(H,24,25,26);/q;+1/p-1/t9-,10+,11-,12-;/m0./s1. The Morgan fingerprint density at radius 3 is 2.73 bits per heavy atom. The Balaban J connectivity index is 0.00000256. The summed E-state index contributed by atoms with van der Waals surface area (Å²) in [5.41, 5.74) is 2.35. The summed E-state index contributed by atoms with van der Waals surface area (Å²) < 4.78 is 36.6. The van der Waals surface area contributed by atoms with Crippen molar-refractivity contribution in [2.75, 3.05) is 19.7 Å². The molecule has 1 aromatic rings. The summed E-state index contributed by atoms with van der Waals surface area (Å²) in [6, 6.07) is -2.15. The zero-order valence-electron chi connectivity index (χ0n) is 16.2. The molecule has 4 atom stereocenters. The SMILES string of the molecule is O=C(NOC[C@@H]1C[C@H](n2nccn2)CN1)[C@@H]1CC[C@@H]2CN1C(=O)N2OS(=O)(=O)[O-].[Na+]. The third-order valence-electron chi connectivity index (χ3n) is 5.22. The number of rotatable bonds is 7. The van der Waals surface area contributed by atoms with Crippen LogP contribution in [0.1, 0.15) is 25.3 Å². The molecule has 3 aliphatic heterocycles. The summed E-state index contributed by atoms with van der Waals surface area (Å²) in [4.78, 5) is 32.8. The first kappa shape index (κ1) is 23.3. The van der Waals surface area contributed by atoms with E-state index in [4.69, 9.17) is 4.84 Å². The van der Waals surface area contributed by atoms with Crippen molar-refractivity contribution in [1.82, 2.24) is 35.8 Å². The summed E-state index contributed by atoms with van der Waals surface area (Å²) in [7, 11) is -5.08. The predicted octanol–water partition coefficient (Wildman–Crippen LogP) is -5.11. The van der Waals surface area contributed by atoms with Crippen LogP contribution in [0.4, 0.5) is 4.79 Å². The number of fused-ring (bicyclic) bond motifs is 2. The number of hydrogen-bond acceptors (Lipinski definition) is 10. The van der Waals surface area contributed by atoms with Gasteiger partial charge in [0.05, 0.1) is 31.1 Å². The predicted molar refractivity (Wildman–Crippen MR) is 91.1 cm³/mol. The van der Waals surface area contributed by atoms with Crippen molar-refractivity contribution in [3.05, 3.63) is 12.4 Å². The van der Waals surface area contributed by atoms with E-state index in [9.17, 15) is 22.6 Å². The van der Waals surface area contributed by atoms with E-state index < -0.39 is 34.4 Å². The van der Waals surface area contributed by atoms with Crippen molar-refractivity contribution in [2.45, 2.75) is 43.4 Å². The molecule has 4 rings (SSSR count). The van der Waals surface area contributed by atoms with Gasteiger partial charge in [0.15, 0.2) is 0 Å². The monoisotopic (exact) mass is 453 g/mol. The van der Waals surface area contributed by atoms with Crippen LogP contribution in [-0.4, -0.2) is 87.7 Å². The third-order valence-corrected chi connectivity index (χ3v) is 5.56. The number of piperidine rings is 1. The maximum atomic E-state index is 12.4. The Labute approximate surface area is 194 Å². The molecule has 2 N–H and O–H groups in total. The molecule has 160 valence electrons. The fourth-order valence-electron chi connectivity index (χ4n) is 3.90. The molecule has 2 bridgehead atoms. The van der Waals surface area contributed by atoms with E-state index in [2.05, 4.69) is 25.3 Å². The molecule has 3 fully saturated rings. The van der Waals surface area contributed by atoms with Gasteiger partial charge in [-0.1, -0.05) is 0 Å². The largest absolute Gasteiger partial charge is 1.00 e. The van der Waals surface area contributed by atoms with Crippen molar-refractivity contribution in [3.63, 3.8) is 0 Å². The maximum absolute atomic E-state index is 12.4. The third kappa shape index (κ3) is 5.11. The van der Waals surface area contributed by atoms with E-state index in [1.807, 2.05) is 0 Å². The average molecular weight is 453 g/mol. The Hall–Kier alpha value is -1.33. The first-order chi connectivity index (χ1) is 13.8. The van der Waals surface area contributed by atoms with Crippen molar-refractivity contribution < 1.29 is 61.2 Å². The van der Waals surface area contributed by atoms with Gasteiger partial charge in [-0.05, 0) is 19.3 Å². The number of nitrogens with zero attached hydrogens (tertiary/aromatic N) is 5. The van der Waals surface area contributed by atoms with Crippen LogP contribution >= 0.6 is 0 Å². The van der Waals surface area contributed by atoms with Crippen LogP contribution in [-0.2, 0) is 24.3 Å². The quantitative estimate of drug-likeness (QED) is 0.176. The Kier molecular flexibility index (Phi) is 7.34. The minimum Gasteiger partial charge on any atom is -0.724 e. The van der Waals surface area contributed by atoms with Crippen LogP contribution in [0.5, 0.6) is 0 Å². The van der Waals surface area contributed by atoms with Crippen LogP contribution in [0.3, 0.4) is 0 Å². The van der Waals surface area contributed by atoms with E-state index in [1.54, 1.807) is 17.2 Å². The molecule has 0 aromatic carbocycles. The summed E-state index contributed by atoms with van der Waals surface area (Å²) >= 11 is 0. The molecule has 3 amide bonds. The first-order valence-electron chi connectivity index (χ1n) is 9.08. The van der Waals surface area contributed by atoms with Crippen molar-refractivity contribution >= 4 is 22.3 Å². The molecule has 0 radical (unpaired) electrons. The van der Waals surface area contributed by atoms with Gasteiger partial charge in [0.1, 0.15) is 6.04 Å². The number of urea groups is 1. The minimum atomic E-state index is -5.08. The number of nitrogens with one attached hydrogen (secondary N) is 2. The molecule has 30 heavy (non-hydrogen) atoms. The van der Waals surface area contributed by atoms with Crippen LogP contribution < -0.4 is 40.4 Å². The van der Waals surface area contributed by atoms with Crippen LogP contribution in [0.2, 0.25) is 0 Å². The summed E-state index contributed by atoms with van der Waals surface area (Å²) in [5, 5.41) is 12.0. The number of carbonyl (C=O) groups is 2. The number of aromatic nitrogens is 3. The van der Waals surface area contributed by atoms with Crippen LogP contribution in [0.25, 0.3) is 0 Å². The molecular weight excluding hydrogens is 433 g/mol. The molecule has 3 aliphatic rings. The van der Waals surface area contributed by atoms with E-state index in [0.29, 0.717) is 24.4 Å². The molecular formula is C14H20N7NaO7S. The molecule has 0 aliphatic carbocycles. The minimum absolute atomic E-state index is 0.